The van der Waals surface area contributed by atoms with Crippen molar-refractivity contribution in [2.24, 2.45) is 0 Å². The van der Waals surface area contributed by atoms with Crippen LogP contribution in [-0.2, 0) is 19.1 Å². The van der Waals surface area contributed by atoms with E-state index in [-0.39, 0.29) is 0 Å². The first-order chi connectivity index (χ1) is 11.9. The molecule has 0 saturated carbocycles. The Bertz CT molecular complexity index is 517. The van der Waals surface area contributed by atoms with Gasteiger partial charge in [-0.25, -0.2) is 9.59 Å². The highest BCUT2D eigenvalue weighted by molar-refractivity contribution is 6.42. The van der Waals surface area contributed by atoms with E-state index in [4.69, 9.17) is 57.2 Å². The number of rotatable bonds is 10. The number of carbonyl (C=O) groups is 2. The first kappa shape index (κ1) is 23.4. The van der Waals surface area contributed by atoms with E-state index in [0.29, 0.717) is 42.2 Å². The summed E-state index contributed by atoms with van der Waals surface area (Å²) in [4.78, 5) is 18.2. The second kappa shape index (κ2) is 14.7. The molecular weight excluding hydrogens is 377 g/mol. The van der Waals surface area contributed by atoms with Crippen molar-refractivity contribution in [3.8, 4) is 5.75 Å². The van der Waals surface area contributed by atoms with Gasteiger partial charge in [0.05, 0.1) is 29.9 Å². The molecule has 142 valence electrons. The minimum atomic E-state index is -1.82. The second-order valence-corrected chi connectivity index (χ2v) is 5.20. The number of nitrogens with one attached hydrogen (secondary N) is 1. The Morgan fingerprint density at radius 3 is 2.20 bits per heavy atom. The number of hydrogen-bond donors (Lipinski definition) is 3. The monoisotopic (exact) mass is 397 g/mol. The molecule has 0 saturated heterocycles. The minimum Gasteiger partial charge on any atom is -0.491 e. The summed E-state index contributed by atoms with van der Waals surface area (Å²) in [7, 11) is 1.68. The molecule has 0 radical (unpaired) electrons. The molecule has 1 aromatic rings. The van der Waals surface area contributed by atoms with E-state index in [1.807, 2.05) is 0 Å². The van der Waals surface area contributed by atoms with Gasteiger partial charge in [-0.15, -0.1) is 0 Å². The summed E-state index contributed by atoms with van der Waals surface area (Å²) in [5, 5.41) is 19.0. The van der Waals surface area contributed by atoms with E-state index < -0.39 is 11.9 Å². The highest BCUT2D eigenvalue weighted by Crippen LogP contribution is 2.26. The zero-order valence-corrected chi connectivity index (χ0v) is 15.2. The molecule has 0 fully saturated rings. The smallest absolute Gasteiger partial charge is 0.414 e. The Hall–Kier alpha value is -1.58. The van der Waals surface area contributed by atoms with E-state index in [9.17, 15) is 0 Å². The first-order valence-electron chi connectivity index (χ1n) is 7.20. The van der Waals surface area contributed by atoms with Gasteiger partial charge in [0.1, 0.15) is 12.4 Å². The predicted octanol–water partition coefficient (Wildman–Crippen LogP) is 1.78. The van der Waals surface area contributed by atoms with E-state index in [2.05, 4.69) is 5.32 Å². The van der Waals surface area contributed by atoms with Crippen LogP contribution in [0.2, 0.25) is 10.0 Å². The highest BCUT2D eigenvalue weighted by Gasteiger charge is 2.04. The number of aliphatic carboxylic acids is 2. The van der Waals surface area contributed by atoms with E-state index >= 15 is 0 Å². The SMILES string of the molecule is COCCNCCOCCOc1ccc(Cl)c(Cl)c1.O=C(O)C(=O)O. The summed E-state index contributed by atoms with van der Waals surface area (Å²) < 4.78 is 15.8. The molecule has 25 heavy (non-hydrogen) atoms. The van der Waals surface area contributed by atoms with Crippen molar-refractivity contribution < 1.29 is 34.0 Å². The quantitative estimate of drug-likeness (QED) is 0.404. The van der Waals surface area contributed by atoms with Gasteiger partial charge in [-0.1, -0.05) is 23.2 Å². The molecule has 0 aromatic heterocycles. The van der Waals surface area contributed by atoms with Gasteiger partial charge in [0.15, 0.2) is 0 Å². The fraction of sp³-hybridized carbons (Fsp3) is 0.467. The molecule has 0 aliphatic carbocycles. The number of halogens is 2. The van der Waals surface area contributed by atoms with Gasteiger partial charge in [0.25, 0.3) is 0 Å². The van der Waals surface area contributed by atoms with Gasteiger partial charge in [-0.2, -0.15) is 0 Å². The Morgan fingerprint density at radius 1 is 1.00 bits per heavy atom. The Morgan fingerprint density at radius 2 is 1.64 bits per heavy atom. The molecular formula is C15H21Cl2NO7. The van der Waals surface area contributed by atoms with Crippen LogP contribution in [0.25, 0.3) is 0 Å². The van der Waals surface area contributed by atoms with Gasteiger partial charge in [0.2, 0.25) is 0 Å². The molecule has 0 aliphatic heterocycles. The topological polar surface area (TPSA) is 114 Å². The van der Waals surface area contributed by atoms with Gasteiger partial charge >= 0.3 is 11.9 Å². The normalized spacial score (nSPS) is 9.88. The molecule has 0 unspecified atom stereocenters. The Balaban J connectivity index is 0.000000823. The van der Waals surface area contributed by atoms with Crippen molar-refractivity contribution in [1.29, 1.82) is 0 Å². The third-order valence-corrected chi connectivity index (χ3v) is 3.22. The Labute approximate surface area is 155 Å². The number of ether oxygens (including phenoxy) is 3. The van der Waals surface area contributed by atoms with Crippen LogP contribution < -0.4 is 10.1 Å². The standard InChI is InChI=1S/C13H19Cl2NO3.C2H2O4/c1-17-6-4-16-5-7-18-8-9-19-11-2-3-12(14)13(15)10-11;3-1(4)2(5)6/h2-3,10,16H,4-9H2,1H3;(H,3,4)(H,5,6). The van der Waals surface area contributed by atoms with Gasteiger partial charge in [-0.3, -0.25) is 0 Å². The van der Waals surface area contributed by atoms with Crippen LogP contribution in [0.5, 0.6) is 5.75 Å². The molecule has 0 atom stereocenters. The molecule has 1 rings (SSSR count). The van der Waals surface area contributed by atoms with E-state index in [1.165, 1.54) is 0 Å². The number of benzene rings is 1. The zero-order chi connectivity index (χ0) is 19.1. The summed E-state index contributed by atoms with van der Waals surface area (Å²) in [6.45, 7) is 4.01. The summed E-state index contributed by atoms with van der Waals surface area (Å²) >= 11 is 11.7. The maximum atomic E-state index is 9.10. The summed E-state index contributed by atoms with van der Waals surface area (Å²) in [5.41, 5.74) is 0. The van der Waals surface area contributed by atoms with Crippen molar-refractivity contribution in [3.05, 3.63) is 28.2 Å². The van der Waals surface area contributed by atoms with Crippen LogP contribution in [0.4, 0.5) is 0 Å². The van der Waals surface area contributed by atoms with Crippen molar-refractivity contribution in [1.82, 2.24) is 5.32 Å². The van der Waals surface area contributed by atoms with E-state index in [1.54, 1.807) is 25.3 Å². The molecule has 3 N–H and O–H groups in total. The predicted molar refractivity (Wildman–Crippen MR) is 92.8 cm³/mol. The molecule has 0 bridgehead atoms. The zero-order valence-electron chi connectivity index (χ0n) is 13.7. The van der Waals surface area contributed by atoms with Gasteiger partial charge in [-0.05, 0) is 12.1 Å². The van der Waals surface area contributed by atoms with E-state index in [0.717, 1.165) is 13.1 Å². The van der Waals surface area contributed by atoms with Crippen LogP contribution in [0.15, 0.2) is 18.2 Å². The minimum absolute atomic E-state index is 0.482. The average molecular weight is 398 g/mol. The molecule has 0 aliphatic rings. The summed E-state index contributed by atoms with van der Waals surface area (Å²) in [5.74, 6) is -2.96. The number of hydrogen-bond acceptors (Lipinski definition) is 6. The lowest BCUT2D eigenvalue weighted by Crippen LogP contribution is -2.24. The molecule has 1 aromatic carbocycles. The maximum Gasteiger partial charge on any atom is 0.414 e. The van der Waals surface area contributed by atoms with Crippen LogP contribution in [-0.4, -0.2) is 68.8 Å². The molecule has 0 amide bonds. The van der Waals surface area contributed by atoms with Crippen molar-refractivity contribution in [3.63, 3.8) is 0 Å². The highest BCUT2D eigenvalue weighted by atomic mass is 35.5. The van der Waals surface area contributed by atoms with Gasteiger partial charge < -0.3 is 29.7 Å². The second-order valence-electron chi connectivity index (χ2n) is 4.39. The van der Waals surface area contributed by atoms with Crippen molar-refractivity contribution in [2.45, 2.75) is 0 Å². The molecule has 8 nitrogen and oxygen atoms in total. The first-order valence-corrected chi connectivity index (χ1v) is 7.95. The molecule has 0 heterocycles. The lowest BCUT2D eigenvalue weighted by molar-refractivity contribution is -0.159. The average Bonchev–Trinajstić information content (AvgIpc) is 2.57. The van der Waals surface area contributed by atoms with Crippen LogP contribution in [0, 0.1) is 0 Å². The third-order valence-electron chi connectivity index (χ3n) is 2.48. The summed E-state index contributed by atoms with van der Waals surface area (Å²) in [6.07, 6.45) is 0. The largest absolute Gasteiger partial charge is 0.491 e. The molecule has 0 spiro atoms. The lowest BCUT2D eigenvalue weighted by atomic mass is 10.3. The fourth-order valence-electron chi connectivity index (χ4n) is 1.33. The van der Waals surface area contributed by atoms with Crippen LogP contribution in [0.3, 0.4) is 0 Å². The number of carboxylic acid groups (broad SMARTS) is 2. The van der Waals surface area contributed by atoms with Crippen molar-refractivity contribution in [2.75, 3.05) is 46.6 Å². The van der Waals surface area contributed by atoms with Crippen LogP contribution >= 0.6 is 23.2 Å². The fourth-order valence-corrected chi connectivity index (χ4v) is 1.62. The maximum absolute atomic E-state index is 9.10. The Kier molecular flexibility index (Phi) is 13.8. The van der Waals surface area contributed by atoms with Crippen LogP contribution in [0.1, 0.15) is 0 Å². The number of carboxylic acids is 2. The molecule has 10 heteroatoms. The lowest BCUT2D eigenvalue weighted by Gasteiger charge is -2.08. The third kappa shape index (κ3) is 13.4. The van der Waals surface area contributed by atoms with Gasteiger partial charge in [0, 0.05) is 26.3 Å². The van der Waals surface area contributed by atoms with Crippen molar-refractivity contribution >= 4 is 35.1 Å². The summed E-state index contributed by atoms with van der Waals surface area (Å²) in [6, 6.07) is 5.18. The number of methoxy groups -OCH3 is 1.